The first-order chi connectivity index (χ1) is 11.5. The Morgan fingerprint density at radius 3 is 2.58 bits per heavy atom. The predicted octanol–water partition coefficient (Wildman–Crippen LogP) is 3.69. The lowest BCUT2D eigenvalue weighted by Crippen LogP contribution is -2.31. The highest BCUT2D eigenvalue weighted by Crippen LogP contribution is 2.27. The van der Waals surface area contributed by atoms with E-state index >= 15 is 0 Å². The molecule has 0 aliphatic heterocycles. The third-order valence-electron chi connectivity index (χ3n) is 3.20. The number of para-hydroxylation sites is 1. The molecule has 24 heavy (non-hydrogen) atoms. The maximum absolute atomic E-state index is 13.0. The summed E-state index contributed by atoms with van der Waals surface area (Å²) >= 11 is 0. The fourth-order valence-corrected chi connectivity index (χ4v) is 2.10. The zero-order valence-corrected chi connectivity index (χ0v) is 12.6. The molecule has 0 saturated heterocycles. The summed E-state index contributed by atoms with van der Waals surface area (Å²) < 4.78 is 18.3. The van der Waals surface area contributed by atoms with Crippen LogP contribution in [0.5, 0.6) is 5.75 Å². The zero-order chi connectivity index (χ0) is 17.5. The van der Waals surface area contributed by atoms with Gasteiger partial charge in [-0.3, -0.25) is 15.0 Å². The number of carbonyl (C=O) groups is 1. The minimum Gasteiger partial charge on any atom is -0.487 e. The molecule has 0 aliphatic carbocycles. The third-order valence-corrected chi connectivity index (χ3v) is 3.20. The number of anilines is 1. The summed E-state index contributed by atoms with van der Waals surface area (Å²) in [7, 11) is 0. The van der Waals surface area contributed by atoms with Gasteiger partial charge in [0.15, 0.2) is 5.75 Å². The first-order valence-electron chi connectivity index (χ1n) is 7.11. The summed E-state index contributed by atoms with van der Waals surface area (Å²) in [6.07, 6.45) is -0.788. The lowest BCUT2D eigenvalue weighted by atomic mass is 10.2. The standard InChI is InChI=1S/C16H15FN2O5/c17-12-7-8-15(14(11-12)19(22)23)24-10-4-9-18(16(20)21)13-5-2-1-3-6-13/h1-3,5-8,11H,4,9-10H2,(H,20,21). The molecule has 0 bridgehead atoms. The van der Waals surface area contributed by atoms with E-state index in [9.17, 15) is 24.4 Å². The van der Waals surface area contributed by atoms with Crippen molar-refractivity contribution in [2.45, 2.75) is 6.42 Å². The van der Waals surface area contributed by atoms with E-state index < -0.39 is 22.5 Å². The van der Waals surface area contributed by atoms with Crippen molar-refractivity contribution in [1.29, 1.82) is 0 Å². The number of nitrogens with zero attached hydrogens (tertiary/aromatic N) is 2. The number of nitro benzene ring substituents is 1. The van der Waals surface area contributed by atoms with E-state index in [0.717, 1.165) is 17.0 Å². The topological polar surface area (TPSA) is 92.9 Å². The lowest BCUT2D eigenvalue weighted by Gasteiger charge is -2.19. The van der Waals surface area contributed by atoms with Gasteiger partial charge in [0.1, 0.15) is 5.82 Å². The van der Waals surface area contributed by atoms with Gasteiger partial charge >= 0.3 is 11.8 Å². The summed E-state index contributed by atoms with van der Waals surface area (Å²) in [6, 6.07) is 11.6. The van der Waals surface area contributed by atoms with E-state index in [4.69, 9.17) is 4.74 Å². The SMILES string of the molecule is O=C(O)N(CCCOc1ccc(F)cc1[N+](=O)[O-])c1ccccc1. The number of amides is 1. The molecular formula is C16H15FN2O5. The second kappa shape index (κ2) is 7.91. The Labute approximate surface area is 137 Å². The molecule has 0 spiro atoms. The summed E-state index contributed by atoms with van der Waals surface area (Å²) in [6.45, 7) is 0.220. The van der Waals surface area contributed by atoms with Crippen LogP contribution in [0.3, 0.4) is 0 Å². The largest absolute Gasteiger partial charge is 0.487 e. The molecule has 1 N–H and O–H groups in total. The van der Waals surface area contributed by atoms with Gasteiger partial charge in [-0.15, -0.1) is 0 Å². The highest BCUT2D eigenvalue weighted by molar-refractivity contribution is 5.85. The van der Waals surface area contributed by atoms with Crippen LogP contribution in [0.1, 0.15) is 6.42 Å². The van der Waals surface area contributed by atoms with Crippen LogP contribution >= 0.6 is 0 Å². The number of carboxylic acid groups (broad SMARTS) is 1. The van der Waals surface area contributed by atoms with Crippen LogP contribution in [0.15, 0.2) is 48.5 Å². The number of ether oxygens (including phenoxy) is 1. The minimum atomic E-state index is -1.10. The molecule has 0 unspecified atom stereocenters. The van der Waals surface area contributed by atoms with E-state index in [1.807, 2.05) is 0 Å². The van der Waals surface area contributed by atoms with Gasteiger partial charge in [-0.05, 0) is 30.7 Å². The molecule has 2 aromatic rings. The maximum Gasteiger partial charge on any atom is 0.411 e. The Morgan fingerprint density at radius 1 is 1.25 bits per heavy atom. The van der Waals surface area contributed by atoms with Gasteiger partial charge < -0.3 is 9.84 Å². The second-order valence-electron chi connectivity index (χ2n) is 4.84. The number of hydrogen-bond acceptors (Lipinski definition) is 4. The van der Waals surface area contributed by atoms with E-state index in [1.165, 1.54) is 6.07 Å². The van der Waals surface area contributed by atoms with Crippen molar-refractivity contribution in [2.24, 2.45) is 0 Å². The minimum absolute atomic E-state index is 0.0528. The van der Waals surface area contributed by atoms with Crippen molar-refractivity contribution in [3.05, 3.63) is 64.5 Å². The lowest BCUT2D eigenvalue weighted by molar-refractivity contribution is -0.386. The van der Waals surface area contributed by atoms with Crippen LogP contribution in [-0.4, -0.2) is 29.3 Å². The summed E-state index contributed by atoms with van der Waals surface area (Å²) in [5.74, 6) is -0.779. The number of benzene rings is 2. The average Bonchev–Trinajstić information content (AvgIpc) is 2.56. The Hall–Kier alpha value is -3.16. The van der Waals surface area contributed by atoms with Crippen molar-refractivity contribution in [3.8, 4) is 5.75 Å². The molecule has 8 heteroatoms. The van der Waals surface area contributed by atoms with Crippen LogP contribution < -0.4 is 9.64 Å². The number of hydrogen-bond donors (Lipinski definition) is 1. The Morgan fingerprint density at radius 2 is 1.96 bits per heavy atom. The highest BCUT2D eigenvalue weighted by Gasteiger charge is 2.17. The van der Waals surface area contributed by atoms with E-state index in [1.54, 1.807) is 30.3 Å². The highest BCUT2D eigenvalue weighted by atomic mass is 19.1. The smallest absolute Gasteiger partial charge is 0.411 e. The predicted molar refractivity (Wildman–Crippen MR) is 85.0 cm³/mol. The number of nitro groups is 1. The second-order valence-corrected chi connectivity index (χ2v) is 4.84. The molecule has 0 heterocycles. The van der Waals surface area contributed by atoms with Crippen LogP contribution in [0.2, 0.25) is 0 Å². The van der Waals surface area contributed by atoms with Crippen LogP contribution in [0.25, 0.3) is 0 Å². The number of rotatable bonds is 7. The molecule has 2 rings (SSSR count). The van der Waals surface area contributed by atoms with Gasteiger partial charge in [0.2, 0.25) is 0 Å². The van der Waals surface area contributed by atoms with Crippen molar-refractivity contribution < 1.29 is 24.0 Å². The van der Waals surface area contributed by atoms with Crippen molar-refractivity contribution in [1.82, 2.24) is 0 Å². The molecule has 0 fully saturated rings. The van der Waals surface area contributed by atoms with Gasteiger partial charge in [0, 0.05) is 12.2 Å². The zero-order valence-electron chi connectivity index (χ0n) is 12.6. The maximum atomic E-state index is 13.0. The first kappa shape index (κ1) is 17.2. The third kappa shape index (κ3) is 4.42. The average molecular weight is 334 g/mol. The normalized spacial score (nSPS) is 10.2. The van der Waals surface area contributed by atoms with Crippen LogP contribution in [0.4, 0.5) is 20.6 Å². The van der Waals surface area contributed by atoms with Crippen molar-refractivity contribution in [2.75, 3.05) is 18.1 Å². The van der Waals surface area contributed by atoms with Crippen LogP contribution in [-0.2, 0) is 0 Å². The molecule has 126 valence electrons. The van der Waals surface area contributed by atoms with Crippen molar-refractivity contribution >= 4 is 17.5 Å². The fraction of sp³-hybridized carbons (Fsp3) is 0.188. The Balaban J connectivity index is 1.95. The Kier molecular flexibility index (Phi) is 5.67. The molecular weight excluding hydrogens is 319 g/mol. The summed E-state index contributed by atoms with van der Waals surface area (Å²) in [4.78, 5) is 22.6. The molecule has 0 radical (unpaired) electrons. The molecule has 0 saturated carbocycles. The quantitative estimate of drug-likeness (QED) is 0.473. The molecule has 2 aromatic carbocycles. The summed E-state index contributed by atoms with van der Waals surface area (Å²) in [5, 5.41) is 20.1. The molecule has 0 aromatic heterocycles. The monoisotopic (exact) mass is 334 g/mol. The van der Waals surface area contributed by atoms with Crippen LogP contribution in [0, 0.1) is 15.9 Å². The van der Waals surface area contributed by atoms with Crippen molar-refractivity contribution in [3.63, 3.8) is 0 Å². The Bertz CT molecular complexity index is 724. The van der Waals surface area contributed by atoms with Gasteiger partial charge in [0.05, 0.1) is 17.6 Å². The molecule has 7 nitrogen and oxygen atoms in total. The first-order valence-corrected chi connectivity index (χ1v) is 7.11. The van der Waals surface area contributed by atoms with Gasteiger partial charge in [-0.1, -0.05) is 18.2 Å². The fourth-order valence-electron chi connectivity index (χ4n) is 2.10. The number of halogens is 1. The van der Waals surface area contributed by atoms with Gasteiger partial charge in [-0.2, -0.15) is 0 Å². The van der Waals surface area contributed by atoms with Gasteiger partial charge in [-0.25, -0.2) is 9.18 Å². The van der Waals surface area contributed by atoms with Gasteiger partial charge in [0.25, 0.3) is 0 Å². The van der Waals surface area contributed by atoms with E-state index in [-0.39, 0.29) is 18.9 Å². The van der Waals surface area contributed by atoms with E-state index in [2.05, 4.69) is 0 Å². The summed E-state index contributed by atoms with van der Waals surface area (Å²) in [5.41, 5.74) is 0.0610. The molecule has 0 aliphatic rings. The van der Waals surface area contributed by atoms with E-state index in [0.29, 0.717) is 12.1 Å². The molecule has 0 atom stereocenters. The molecule has 1 amide bonds.